The average molecular weight is 459 g/mol. The van der Waals surface area contributed by atoms with Gasteiger partial charge in [0.2, 0.25) is 0 Å². The molecule has 3 aromatic heterocycles. The third kappa shape index (κ3) is 3.56. The number of aromatic nitrogens is 4. The predicted octanol–water partition coefficient (Wildman–Crippen LogP) is 7.26. The lowest BCUT2D eigenvalue weighted by molar-refractivity contribution is 0.415. The molecule has 172 valence electrons. The van der Waals surface area contributed by atoms with E-state index in [0.717, 1.165) is 78.4 Å². The Bertz CT molecular complexity index is 1600. The zero-order chi connectivity index (χ0) is 24.1. The first kappa shape index (κ1) is 21.2. The summed E-state index contributed by atoms with van der Waals surface area (Å²) in [6.07, 6.45) is 8.32. The molecule has 0 atom stereocenters. The van der Waals surface area contributed by atoms with Crippen LogP contribution in [0.15, 0.2) is 48.5 Å². The molecule has 0 amide bonds. The molecule has 6 rings (SSSR count). The summed E-state index contributed by atoms with van der Waals surface area (Å²) in [7, 11) is 1.69. The first-order valence-electron chi connectivity index (χ1n) is 11.7. The molecule has 0 aliphatic carbocycles. The number of ether oxygens (including phenoxy) is 1. The van der Waals surface area contributed by atoms with E-state index in [1.807, 2.05) is 12.1 Å². The van der Waals surface area contributed by atoms with Crippen LogP contribution < -0.4 is 4.74 Å². The molecular formula is C30H26N4O. The van der Waals surface area contributed by atoms with Gasteiger partial charge in [0, 0.05) is 33.2 Å². The topological polar surface area (TPSA) is 66.6 Å². The maximum atomic E-state index is 5.39. The fourth-order valence-corrected chi connectivity index (χ4v) is 4.70. The van der Waals surface area contributed by atoms with Crippen molar-refractivity contribution < 1.29 is 4.74 Å². The maximum Gasteiger partial charge on any atom is 0.118 e. The molecule has 0 saturated carbocycles. The van der Waals surface area contributed by atoms with Crippen LogP contribution in [0.2, 0.25) is 0 Å². The third-order valence-corrected chi connectivity index (χ3v) is 6.91. The Balaban J connectivity index is 1.75. The van der Waals surface area contributed by atoms with Gasteiger partial charge >= 0.3 is 0 Å². The van der Waals surface area contributed by atoms with E-state index >= 15 is 0 Å². The summed E-state index contributed by atoms with van der Waals surface area (Å²) < 4.78 is 5.39. The van der Waals surface area contributed by atoms with E-state index in [-0.39, 0.29) is 0 Å². The minimum absolute atomic E-state index is 0.832. The van der Waals surface area contributed by atoms with Gasteiger partial charge in [0.15, 0.2) is 0 Å². The lowest BCUT2D eigenvalue weighted by Gasteiger charge is -2.05. The molecule has 1 aromatic carbocycles. The normalized spacial score (nSPS) is 12.3. The molecule has 5 heterocycles. The lowest BCUT2D eigenvalue weighted by atomic mass is 10.1. The van der Waals surface area contributed by atoms with E-state index in [1.165, 1.54) is 0 Å². The lowest BCUT2D eigenvalue weighted by Crippen LogP contribution is -1.88. The Morgan fingerprint density at radius 2 is 0.971 bits per heavy atom. The van der Waals surface area contributed by atoms with Crippen LogP contribution in [-0.2, 0) is 0 Å². The number of hydrogen-bond donors (Lipinski definition) is 2. The second-order valence-electron chi connectivity index (χ2n) is 8.98. The predicted molar refractivity (Wildman–Crippen MR) is 145 cm³/mol. The van der Waals surface area contributed by atoms with E-state index in [4.69, 9.17) is 14.7 Å². The fourth-order valence-electron chi connectivity index (χ4n) is 4.70. The van der Waals surface area contributed by atoms with Crippen LogP contribution in [0.3, 0.4) is 0 Å². The number of benzene rings is 1. The van der Waals surface area contributed by atoms with Gasteiger partial charge in [-0.05, 0) is 98.2 Å². The number of hydrogen-bond acceptors (Lipinski definition) is 3. The maximum absolute atomic E-state index is 5.39. The summed E-state index contributed by atoms with van der Waals surface area (Å²) in [5.74, 6) is 0.832. The number of fused-ring (bicyclic) bond motifs is 8. The molecule has 0 unspecified atom stereocenters. The van der Waals surface area contributed by atoms with Crippen LogP contribution in [0.5, 0.6) is 5.75 Å². The molecular weight excluding hydrogens is 432 g/mol. The van der Waals surface area contributed by atoms with Crippen molar-refractivity contribution in [3.8, 4) is 16.9 Å². The van der Waals surface area contributed by atoms with Gasteiger partial charge in [-0.2, -0.15) is 0 Å². The molecule has 0 radical (unpaired) electrons. The average Bonchev–Trinajstić information content (AvgIpc) is 3.69. The van der Waals surface area contributed by atoms with E-state index in [2.05, 4.69) is 91.4 Å². The Morgan fingerprint density at radius 1 is 0.543 bits per heavy atom. The van der Waals surface area contributed by atoms with Gasteiger partial charge in [0.25, 0.3) is 0 Å². The van der Waals surface area contributed by atoms with E-state index in [1.54, 1.807) is 7.11 Å². The molecule has 5 nitrogen and oxygen atoms in total. The summed E-state index contributed by atoms with van der Waals surface area (Å²) in [4.78, 5) is 17.2. The van der Waals surface area contributed by atoms with Gasteiger partial charge in [-0.1, -0.05) is 12.1 Å². The van der Waals surface area contributed by atoms with E-state index < -0.39 is 0 Å². The van der Waals surface area contributed by atoms with Crippen molar-refractivity contribution in [3.63, 3.8) is 0 Å². The van der Waals surface area contributed by atoms with Gasteiger partial charge in [-0.15, -0.1) is 0 Å². The van der Waals surface area contributed by atoms with Gasteiger partial charge in [-0.3, -0.25) is 0 Å². The Morgan fingerprint density at radius 3 is 1.43 bits per heavy atom. The van der Waals surface area contributed by atoms with Gasteiger partial charge in [-0.25, -0.2) is 9.97 Å². The summed E-state index contributed by atoms with van der Waals surface area (Å²) in [6.45, 7) is 6.30. The number of nitrogens with zero attached hydrogens (tertiary/aromatic N) is 2. The van der Waals surface area contributed by atoms with Crippen molar-refractivity contribution in [3.05, 3.63) is 88.0 Å². The smallest absolute Gasteiger partial charge is 0.118 e. The van der Waals surface area contributed by atoms with Crippen molar-refractivity contribution >= 4 is 46.4 Å². The number of nitrogens with one attached hydrogen (secondary N) is 2. The zero-order valence-electron chi connectivity index (χ0n) is 20.2. The highest BCUT2D eigenvalue weighted by Gasteiger charge is 2.13. The van der Waals surface area contributed by atoms with Crippen LogP contribution in [0.1, 0.15) is 39.5 Å². The van der Waals surface area contributed by atoms with Crippen LogP contribution >= 0.6 is 0 Å². The van der Waals surface area contributed by atoms with Gasteiger partial charge in [0.1, 0.15) is 5.75 Å². The molecule has 2 aliphatic heterocycles. The van der Waals surface area contributed by atoms with Crippen LogP contribution in [-0.4, -0.2) is 27.0 Å². The molecule has 35 heavy (non-hydrogen) atoms. The standard InChI is InChI=1S/C30H26N4O/c1-17-22-9-11-24(31-22)18(2)26-13-15-28(33-26)30(20-5-7-21(35-4)8-6-20)29-16-14-27(34-29)19(3)25-12-10-23(17)32-25/h5-16,33-34H,1-4H3. The van der Waals surface area contributed by atoms with Crippen LogP contribution in [0.25, 0.3) is 57.5 Å². The quantitative estimate of drug-likeness (QED) is 0.287. The summed E-state index contributed by atoms with van der Waals surface area (Å²) in [5.41, 5.74) is 13.4. The minimum atomic E-state index is 0.832. The Labute approximate surface area is 203 Å². The highest BCUT2D eigenvalue weighted by Crippen LogP contribution is 2.31. The SMILES string of the molecule is COc1ccc(-c2c3ccc([nH]3)c(C)c3nc(c(C)c4nc(c(C)c5ccc2[nH]5)C=C4)C=C3)cc1. The molecule has 2 aliphatic rings. The monoisotopic (exact) mass is 458 g/mol. The molecule has 0 saturated heterocycles. The van der Waals surface area contributed by atoms with Crippen LogP contribution in [0, 0.1) is 20.8 Å². The fraction of sp³-hybridized carbons (Fsp3) is 0.133. The zero-order valence-corrected chi connectivity index (χ0v) is 20.2. The summed E-state index contributed by atoms with van der Waals surface area (Å²) >= 11 is 0. The van der Waals surface area contributed by atoms with Gasteiger partial charge < -0.3 is 14.7 Å². The summed E-state index contributed by atoms with van der Waals surface area (Å²) in [5, 5.41) is 0. The second kappa shape index (κ2) is 8.13. The highest BCUT2D eigenvalue weighted by atomic mass is 16.5. The first-order valence-corrected chi connectivity index (χ1v) is 11.7. The van der Waals surface area contributed by atoms with Crippen molar-refractivity contribution in [1.82, 2.24) is 19.9 Å². The number of aromatic amines is 2. The number of methoxy groups -OCH3 is 1. The summed E-state index contributed by atoms with van der Waals surface area (Å²) in [6, 6.07) is 16.7. The van der Waals surface area contributed by atoms with Gasteiger partial charge in [0.05, 0.1) is 29.9 Å². The van der Waals surface area contributed by atoms with Crippen LogP contribution in [0.4, 0.5) is 0 Å². The first-order chi connectivity index (χ1) is 17.0. The second-order valence-corrected chi connectivity index (χ2v) is 8.98. The van der Waals surface area contributed by atoms with Crippen molar-refractivity contribution in [2.24, 2.45) is 0 Å². The van der Waals surface area contributed by atoms with Crippen molar-refractivity contribution in [1.29, 1.82) is 0 Å². The largest absolute Gasteiger partial charge is 0.497 e. The number of H-pyrrole nitrogens is 2. The molecule has 5 heteroatoms. The minimum Gasteiger partial charge on any atom is -0.497 e. The molecule has 4 aromatic rings. The molecule has 0 fully saturated rings. The van der Waals surface area contributed by atoms with E-state index in [9.17, 15) is 0 Å². The van der Waals surface area contributed by atoms with Crippen molar-refractivity contribution in [2.75, 3.05) is 7.11 Å². The number of rotatable bonds is 2. The number of aryl methyl sites for hydroxylation is 2. The Kier molecular flexibility index (Phi) is 4.92. The third-order valence-electron chi connectivity index (χ3n) is 6.91. The van der Waals surface area contributed by atoms with E-state index in [0.29, 0.717) is 0 Å². The Hall–Kier alpha value is -4.38. The highest BCUT2D eigenvalue weighted by molar-refractivity contribution is 5.94. The molecule has 2 N–H and O–H groups in total. The molecule has 0 spiro atoms. The molecule has 8 bridgehead atoms. The van der Waals surface area contributed by atoms with Crippen molar-refractivity contribution in [2.45, 2.75) is 20.8 Å².